The van der Waals surface area contributed by atoms with E-state index in [0.717, 1.165) is 24.8 Å². The molecule has 1 N–H and O–H groups in total. The van der Waals surface area contributed by atoms with E-state index in [4.69, 9.17) is 20.9 Å². The number of aromatic nitrogens is 2. The molecule has 7 heteroatoms. The van der Waals surface area contributed by atoms with Crippen LogP contribution in [-0.4, -0.2) is 15.9 Å². The number of carbonyl (C=O) groups excluding carboxylic acids is 1. The number of furan rings is 1. The Labute approximate surface area is 144 Å². The van der Waals surface area contributed by atoms with Gasteiger partial charge in [0, 0.05) is 11.6 Å². The highest BCUT2D eigenvalue weighted by molar-refractivity contribution is 6.28. The van der Waals surface area contributed by atoms with Crippen molar-refractivity contribution >= 4 is 23.4 Å². The van der Waals surface area contributed by atoms with Gasteiger partial charge in [-0.3, -0.25) is 0 Å². The van der Waals surface area contributed by atoms with Crippen LogP contribution in [0.2, 0.25) is 5.28 Å². The molecule has 1 unspecified atom stereocenters. The molecule has 2 aromatic rings. The van der Waals surface area contributed by atoms with Crippen LogP contribution in [0.4, 0.5) is 5.82 Å². The van der Waals surface area contributed by atoms with Gasteiger partial charge in [0.2, 0.25) is 5.28 Å². The van der Waals surface area contributed by atoms with Crippen LogP contribution in [0.25, 0.3) is 11.3 Å². The van der Waals surface area contributed by atoms with Gasteiger partial charge in [-0.15, -0.1) is 0 Å². The van der Waals surface area contributed by atoms with Gasteiger partial charge in [-0.05, 0) is 48.8 Å². The fraction of sp³-hybridized carbons (Fsp3) is 0.471. The van der Waals surface area contributed by atoms with Gasteiger partial charge in [0.1, 0.15) is 0 Å². The molecule has 3 fully saturated rings. The zero-order chi connectivity index (χ0) is 16.5. The Morgan fingerprint density at radius 2 is 2.12 bits per heavy atom. The van der Waals surface area contributed by atoms with Crippen molar-refractivity contribution in [1.29, 1.82) is 0 Å². The van der Waals surface area contributed by atoms with Crippen molar-refractivity contribution in [1.82, 2.24) is 9.97 Å². The first kappa shape index (κ1) is 15.4. The van der Waals surface area contributed by atoms with Gasteiger partial charge in [0.05, 0.1) is 24.1 Å². The summed E-state index contributed by atoms with van der Waals surface area (Å²) in [5.74, 6) is 1.27. The quantitative estimate of drug-likeness (QED) is 0.663. The summed E-state index contributed by atoms with van der Waals surface area (Å²) >= 11 is 5.95. The standard InChI is InChI=1S/C17H18ClN3O3/c18-17-19-14(12-5-6-23-9-12)8-15(20-17)21-24-16(22)13-7-10-1-3-11(13)4-2-10/h5-6,8-11,13H,1-4,7H2,(H,19,20,21). The number of rotatable bonds is 4. The number of hydrogen-bond acceptors (Lipinski definition) is 6. The van der Waals surface area contributed by atoms with Gasteiger partial charge in [0.25, 0.3) is 0 Å². The van der Waals surface area contributed by atoms with Crippen LogP contribution in [0.5, 0.6) is 0 Å². The molecule has 3 saturated carbocycles. The van der Waals surface area contributed by atoms with E-state index in [1.165, 1.54) is 12.8 Å². The lowest BCUT2D eigenvalue weighted by Crippen LogP contribution is -2.37. The molecule has 126 valence electrons. The predicted molar refractivity (Wildman–Crippen MR) is 88.0 cm³/mol. The van der Waals surface area contributed by atoms with E-state index < -0.39 is 0 Å². The Morgan fingerprint density at radius 3 is 2.79 bits per heavy atom. The summed E-state index contributed by atoms with van der Waals surface area (Å²) in [5.41, 5.74) is 4.00. The van der Waals surface area contributed by atoms with E-state index in [1.54, 1.807) is 24.7 Å². The molecule has 0 aliphatic heterocycles. The van der Waals surface area contributed by atoms with E-state index >= 15 is 0 Å². The first-order valence-corrected chi connectivity index (χ1v) is 8.60. The van der Waals surface area contributed by atoms with E-state index in [-0.39, 0.29) is 17.2 Å². The molecular weight excluding hydrogens is 330 g/mol. The molecule has 2 aromatic heterocycles. The van der Waals surface area contributed by atoms with Gasteiger partial charge in [0.15, 0.2) is 5.82 Å². The van der Waals surface area contributed by atoms with Crippen LogP contribution in [0.15, 0.2) is 29.1 Å². The summed E-state index contributed by atoms with van der Waals surface area (Å²) in [7, 11) is 0. The first-order valence-electron chi connectivity index (χ1n) is 8.23. The molecule has 1 atom stereocenters. The zero-order valence-corrected chi connectivity index (χ0v) is 13.8. The molecule has 6 nitrogen and oxygen atoms in total. The molecule has 0 radical (unpaired) electrons. The first-order chi connectivity index (χ1) is 11.7. The molecule has 24 heavy (non-hydrogen) atoms. The van der Waals surface area contributed by atoms with Crippen LogP contribution >= 0.6 is 11.6 Å². The maximum atomic E-state index is 12.4. The smallest absolute Gasteiger partial charge is 0.335 e. The highest BCUT2D eigenvalue weighted by atomic mass is 35.5. The summed E-state index contributed by atoms with van der Waals surface area (Å²) in [6.07, 6.45) is 8.82. The third-order valence-electron chi connectivity index (χ3n) is 5.12. The summed E-state index contributed by atoms with van der Waals surface area (Å²) in [6.45, 7) is 0. The van der Waals surface area contributed by atoms with Gasteiger partial charge < -0.3 is 9.25 Å². The van der Waals surface area contributed by atoms with E-state index in [0.29, 0.717) is 23.3 Å². The summed E-state index contributed by atoms with van der Waals surface area (Å²) in [5, 5.41) is 0.0731. The average molecular weight is 348 g/mol. The number of anilines is 1. The van der Waals surface area contributed by atoms with Crippen molar-refractivity contribution in [3.8, 4) is 11.3 Å². The molecule has 2 bridgehead atoms. The second-order valence-electron chi connectivity index (χ2n) is 6.57. The molecule has 2 heterocycles. The van der Waals surface area contributed by atoms with Crippen LogP contribution < -0.4 is 5.48 Å². The maximum Gasteiger partial charge on any atom is 0.335 e. The number of nitrogens with zero attached hydrogens (tertiary/aromatic N) is 2. The van der Waals surface area contributed by atoms with Crippen LogP contribution in [0, 0.1) is 17.8 Å². The second-order valence-corrected chi connectivity index (χ2v) is 6.90. The minimum atomic E-state index is -0.205. The molecule has 0 spiro atoms. The number of fused-ring (bicyclic) bond motifs is 3. The van der Waals surface area contributed by atoms with Gasteiger partial charge >= 0.3 is 5.97 Å². The van der Waals surface area contributed by atoms with Gasteiger partial charge in [-0.1, -0.05) is 12.8 Å². The van der Waals surface area contributed by atoms with E-state index in [9.17, 15) is 4.79 Å². The van der Waals surface area contributed by atoms with Crippen LogP contribution in [-0.2, 0) is 9.63 Å². The topological polar surface area (TPSA) is 77.2 Å². The highest BCUT2D eigenvalue weighted by Gasteiger charge is 2.40. The summed E-state index contributed by atoms with van der Waals surface area (Å²) in [6, 6.07) is 3.43. The molecule has 0 saturated heterocycles. The lowest BCUT2D eigenvalue weighted by Gasteiger charge is -2.40. The van der Waals surface area contributed by atoms with E-state index in [2.05, 4.69) is 15.4 Å². The van der Waals surface area contributed by atoms with E-state index in [1.807, 2.05) is 0 Å². The largest absolute Gasteiger partial charge is 0.472 e. The highest BCUT2D eigenvalue weighted by Crippen LogP contribution is 2.45. The van der Waals surface area contributed by atoms with Crippen LogP contribution in [0.1, 0.15) is 32.1 Å². The third-order valence-corrected chi connectivity index (χ3v) is 5.29. The fourth-order valence-corrected chi connectivity index (χ4v) is 4.06. The second kappa shape index (κ2) is 6.43. The molecule has 3 aliphatic carbocycles. The number of halogens is 1. The molecule has 0 aromatic carbocycles. The van der Waals surface area contributed by atoms with Crippen molar-refractivity contribution in [2.75, 3.05) is 5.48 Å². The number of nitrogens with one attached hydrogen (secondary N) is 1. The third kappa shape index (κ3) is 3.11. The molecule has 0 amide bonds. The van der Waals surface area contributed by atoms with Crippen molar-refractivity contribution in [2.24, 2.45) is 17.8 Å². The lowest BCUT2D eigenvalue weighted by atomic mass is 9.65. The Bertz CT molecular complexity index is 727. The molecule has 5 rings (SSSR count). The van der Waals surface area contributed by atoms with Crippen LogP contribution in [0.3, 0.4) is 0 Å². The Morgan fingerprint density at radius 1 is 1.29 bits per heavy atom. The minimum Gasteiger partial charge on any atom is -0.472 e. The summed E-state index contributed by atoms with van der Waals surface area (Å²) < 4.78 is 5.05. The summed E-state index contributed by atoms with van der Waals surface area (Å²) in [4.78, 5) is 25.9. The lowest BCUT2D eigenvalue weighted by molar-refractivity contribution is -0.151. The zero-order valence-electron chi connectivity index (χ0n) is 13.1. The molecule has 3 aliphatic rings. The fourth-order valence-electron chi connectivity index (χ4n) is 3.87. The molecular formula is C17H18ClN3O3. The monoisotopic (exact) mass is 347 g/mol. The van der Waals surface area contributed by atoms with Crippen molar-refractivity contribution in [2.45, 2.75) is 32.1 Å². The van der Waals surface area contributed by atoms with Crippen molar-refractivity contribution in [3.63, 3.8) is 0 Å². The number of hydrogen-bond donors (Lipinski definition) is 1. The normalized spacial score (nSPS) is 25.5. The average Bonchev–Trinajstić information content (AvgIpc) is 3.15. The van der Waals surface area contributed by atoms with Gasteiger partial charge in [-0.25, -0.2) is 15.3 Å². The van der Waals surface area contributed by atoms with Crippen molar-refractivity contribution in [3.05, 3.63) is 29.9 Å². The Balaban J connectivity index is 1.43. The maximum absolute atomic E-state index is 12.4. The minimum absolute atomic E-state index is 0.00402. The SMILES string of the molecule is O=C(ONc1cc(-c2ccoc2)nc(Cl)n1)C1CC2CCC1CC2. The van der Waals surface area contributed by atoms with Gasteiger partial charge in [-0.2, -0.15) is 4.98 Å². The van der Waals surface area contributed by atoms with Crippen molar-refractivity contribution < 1.29 is 14.0 Å². The predicted octanol–water partition coefficient (Wildman–Crippen LogP) is 4.09. The number of carbonyl (C=O) groups is 1. The Hall–Kier alpha value is -2.08. The Kier molecular flexibility index (Phi) is 4.14.